The SMILES string of the molecule is O=C(NCCc1ccccc1)[C@@H](c1ccccc1)N(Cc1ccccc1)C(=O)COc1ccccc1. The summed E-state index contributed by atoms with van der Waals surface area (Å²) in [5.41, 5.74) is 2.82. The molecule has 0 aliphatic carbocycles. The largest absolute Gasteiger partial charge is 0.484 e. The molecule has 5 heteroatoms. The van der Waals surface area contributed by atoms with E-state index in [1.54, 1.807) is 17.0 Å². The fraction of sp³-hybridized carbons (Fsp3) is 0.161. The Morgan fingerprint density at radius 3 is 1.83 bits per heavy atom. The number of hydrogen-bond donors (Lipinski definition) is 1. The van der Waals surface area contributed by atoms with Crippen LogP contribution in [0.3, 0.4) is 0 Å². The summed E-state index contributed by atoms with van der Waals surface area (Å²) < 4.78 is 5.77. The summed E-state index contributed by atoms with van der Waals surface area (Å²) in [4.78, 5) is 28.8. The minimum atomic E-state index is -0.797. The van der Waals surface area contributed by atoms with E-state index in [4.69, 9.17) is 4.74 Å². The van der Waals surface area contributed by atoms with Crippen LogP contribution in [0.1, 0.15) is 22.7 Å². The zero-order valence-electron chi connectivity index (χ0n) is 20.1. The van der Waals surface area contributed by atoms with Gasteiger partial charge in [-0.15, -0.1) is 0 Å². The smallest absolute Gasteiger partial charge is 0.261 e. The average molecular weight is 479 g/mol. The van der Waals surface area contributed by atoms with Crippen molar-refractivity contribution in [3.05, 3.63) is 138 Å². The molecule has 0 aliphatic rings. The van der Waals surface area contributed by atoms with E-state index in [0.717, 1.165) is 16.7 Å². The van der Waals surface area contributed by atoms with Crippen LogP contribution in [0.4, 0.5) is 0 Å². The van der Waals surface area contributed by atoms with Gasteiger partial charge in [-0.05, 0) is 35.2 Å². The van der Waals surface area contributed by atoms with Crippen molar-refractivity contribution in [2.75, 3.05) is 13.2 Å². The van der Waals surface area contributed by atoms with Gasteiger partial charge in [-0.25, -0.2) is 0 Å². The monoisotopic (exact) mass is 478 g/mol. The fourth-order valence-electron chi connectivity index (χ4n) is 4.03. The van der Waals surface area contributed by atoms with E-state index in [1.807, 2.05) is 109 Å². The van der Waals surface area contributed by atoms with E-state index < -0.39 is 6.04 Å². The first-order valence-corrected chi connectivity index (χ1v) is 12.1. The Labute approximate surface area is 212 Å². The number of rotatable bonds is 11. The van der Waals surface area contributed by atoms with Gasteiger partial charge in [-0.2, -0.15) is 0 Å². The van der Waals surface area contributed by atoms with E-state index >= 15 is 0 Å². The van der Waals surface area contributed by atoms with Crippen molar-refractivity contribution in [2.45, 2.75) is 19.0 Å². The van der Waals surface area contributed by atoms with Crippen molar-refractivity contribution in [3.63, 3.8) is 0 Å². The van der Waals surface area contributed by atoms with Crippen molar-refractivity contribution >= 4 is 11.8 Å². The minimum absolute atomic E-state index is 0.169. The molecular weight excluding hydrogens is 448 g/mol. The lowest BCUT2D eigenvalue weighted by atomic mass is 10.0. The maximum atomic E-state index is 13.6. The number of nitrogens with one attached hydrogen (secondary N) is 1. The van der Waals surface area contributed by atoms with E-state index in [9.17, 15) is 9.59 Å². The van der Waals surface area contributed by atoms with Crippen molar-refractivity contribution in [1.29, 1.82) is 0 Å². The highest BCUT2D eigenvalue weighted by molar-refractivity contribution is 5.89. The Morgan fingerprint density at radius 2 is 1.22 bits per heavy atom. The standard InChI is InChI=1S/C31H30N2O3/c34-29(24-36-28-19-11-4-12-20-28)33(23-26-15-7-2-8-16-26)30(27-17-9-3-10-18-27)31(35)32-22-21-25-13-5-1-6-14-25/h1-20,30H,21-24H2,(H,32,35)/t30-/m1/s1. The number of benzene rings is 4. The molecule has 0 bridgehead atoms. The third-order valence-corrected chi connectivity index (χ3v) is 5.85. The van der Waals surface area contributed by atoms with Crippen LogP contribution in [0.2, 0.25) is 0 Å². The van der Waals surface area contributed by atoms with E-state index in [1.165, 1.54) is 0 Å². The first-order valence-electron chi connectivity index (χ1n) is 12.1. The zero-order chi connectivity index (χ0) is 25.0. The fourth-order valence-corrected chi connectivity index (χ4v) is 4.03. The number of amides is 2. The quantitative estimate of drug-likeness (QED) is 0.323. The molecule has 0 unspecified atom stereocenters. The molecule has 4 aromatic carbocycles. The lowest BCUT2D eigenvalue weighted by Crippen LogP contribution is -2.45. The van der Waals surface area contributed by atoms with Gasteiger partial charge in [0.15, 0.2) is 6.61 Å². The molecule has 182 valence electrons. The van der Waals surface area contributed by atoms with Crippen LogP contribution >= 0.6 is 0 Å². The summed E-state index contributed by atoms with van der Waals surface area (Å²) in [6, 6.07) is 37.5. The first kappa shape index (κ1) is 24.7. The summed E-state index contributed by atoms with van der Waals surface area (Å²) in [6.07, 6.45) is 0.706. The molecule has 0 aromatic heterocycles. The van der Waals surface area contributed by atoms with Gasteiger partial charge in [0.25, 0.3) is 5.91 Å². The Morgan fingerprint density at radius 1 is 0.694 bits per heavy atom. The highest BCUT2D eigenvalue weighted by atomic mass is 16.5. The third kappa shape index (κ3) is 7.06. The van der Waals surface area contributed by atoms with Crippen LogP contribution in [0, 0.1) is 0 Å². The van der Waals surface area contributed by atoms with E-state index in [0.29, 0.717) is 18.7 Å². The number of hydrogen-bond acceptors (Lipinski definition) is 3. The summed E-state index contributed by atoms with van der Waals surface area (Å²) in [7, 11) is 0. The van der Waals surface area contributed by atoms with Crippen LogP contribution < -0.4 is 10.1 Å². The Hall–Kier alpha value is -4.38. The van der Waals surface area contributed by atoms with Crippen molar-refractivity contribution in [2.24, 2.45) is 0 Å². The van der Waals surface area contributed by atoms with Gasteiger partial charge >= 0.3 is 0 Å². The van der Waals surface area contributed by atoms with Crippen LogP contribution in [-0.2, 0) is 22.6 Å². The second-order valence-electron chi connectivity index (χ2n) is 8.45. The number of nitrogens with zero attached hydrogens (tertiary/aromatic N) is 1. The number of carbonyl (C=O) groups is 2. The van der Waals surface area contributed by atoms with Gasteiger partial charge in [0, 0.05) is 13.1 Å². The second-order valence-corrected chi connectivity index (χ2v) is 8.45. The predicted octanol–water partition coefficient (Wildman–Crippen LogP) is 5.19. The Bertz CT molecular complexity index is 1220. The van der Waals surface area contributed by atoms with Crippen LogP contribution in [-0.4, -0.2) is 29.9 Å². The van der Waals surface area contributed by atoms with Crippen LogP contribution in [0.15, 0.2) is 121 Å². The third-order valence-electron chi connectivity index (χ3n) is 5.85. The molecular formula is C31H30N2O3. The molecule has 1 atom stereocenters. The molecule has 4 aromatic rings. The molecule has 2 amide bonds. The molecule has 4 rings (SSSR count). The number of carbonyl (C=O) groups excluding carboxylic acids is 2. The van der Waals surface area contributed by atoms with Gasteiger partial charge in [-0.3, -0.25) is 9.59 Å². The van der Waals surface area contributed by atoms with Crippen molar-refractivity contribution in [3.8, 4) is 5.75 Å². The summed E-state index contributed by atoms with van der Waals surface area (Å²) in [5, 5.41) is 3.05. The number of ether oxygens (including phenoxy) is 1. The number of para-hydroxylation sites is 1. The van der Waals surface area contributed by atoms with Crippen molar-refractivity contribution < 1.29 is 14.3 Å². The minimum Gasteiger partial charge on any atom is -0.484 e. The summed E-state index contributed by atoms with van der Waals surface area (Å²) in [5.74, 6) is 0.116. The normalized spacial score (nSPS) is 11.3. The second kappa shape index (κ2) is 12.9. The lowest BCUT2D eigenvalue weighted by Gasteiger charge is -2.31. The molecule has 0 spiro atoms. The van der Waals surface area contributed by atoms with Gasteiger partial charge in [-0.1, -0.05) is 109 Å². The molecule has 5 nitrogen and oxygen atoms in total. The maximum absolute atomic E-state index is 13.6. The predicted molar refractivity (Wildman–Crippen MR) is 141 cm³/mol. The van der Waals surface area contributed by atoms with Gasteiger partial charge in [0.05, 0.1) is 0 Å². The maximum Gasteiger partial charge on any atom is 0.261 e. The Balaban J connectivity index is 1.57. The van der Waals surface area contributed by atoms with Crippen LogP contribution in [0.5, 0.6) is 5.75 Å². The molecule has 0 heterocycles. The van der Waals surface area contributed by atoms with Crippen LogP contribution in [0.25, 0.3) is 0 Å². The Kier molecular flexibility index (Phi) is 8.87. The molecule has 0 fully saturated rings. The van der Waals surface area contributed by atoms with Gasteiger partial charge in [0.1, 0.15) is 11.8 Å². The van der Waals surface area contributed by atoms with E-state index in [-0.39, 0.29) is 25.0 Å². The van der Waals surface area contributed by atoms with E-state index in [2.05, 4.69) is 5.32 Å². The summed E-state index contributed by atoms with van der Waals surface area (Å²) in [6.45, 7) is 0.584. The molecule has 0 radical (unpaired) electrons. The topological polar surface area (TPSA) is 58.6 Å². The highest BCUT2D eigenvalue weighted by Gasteiger charge is 2.31. The molecule has 0 saturated heterocycles. The van der Waals surface area contributed by atoms with Crippen molar-refractivity contribution in [1.82, 2.24) is 10.2 Å². The molecule has 36 heavy (non-hydrogen) atoms. The highest BCUT2D eigenvalue weighted by Crippen LogP contribution is 2.24. The molecule has 1 N–H and O–H groups in total. The molecule has 0 aliphatic heterocycles. The van der Waals surface area contributed by atoms with Gasteiger partial charge in [0.2, 0.25) is 5.91 Å². The van der Waals surface area contributed by atoms with Gasteiger partial charge < -0.3 is 15.0 Å². The average Bonchev–Trinajstić information content (AvgIpc) is 2.94. The lowest BCUT2D eigenvalue weighted by molar-refractivity contribution is -0.143. The summed E-state index contributed by atoms with van der Waals surface area (Å²) >= 11 is 0. The first-order chi connectivity index (χ1) is 17.7. The molecule has 0 saturated carbocycles. The zero-order valence-corrected chi connectivity index (χ0v) is 20.1.